The maximum Gasteiger partial charge on any atom is 0.0939 e. The minimum atomic E-state index is -0.275. The molecule has 102 valence electrons. The molecule has 0 aromatic rings. The van der Waals surface area contributed by atoms with E-state index < -0.39 is 0 Å². The molecule has 2 heteroatoms. The van der Waals surface area contributed by atoms with E-state index in [0.29, 0.717) is 5.92 Å². The van der Waals surface area contributed by atoms with Crippen molar-refractivity contribution >= 4 is 0 Å². The molecule has 0 heterocycles. The van der Waals surface area contributed by atoms with Crippen molar-refractivity contribution in [2.24, 2.45) is 5.92 Å². The summed E-state index contributed by atoms with van der Waals surface area (Å²) < 4.78 is 5.99. The van der Waals surface area contributed by atoms with E-state index in [4.69, 9.17) is 4.74 Å². The Morgan fingerprint density at radius 1 is 1.06 bits per heavy atom. The molecule has 1 saturated carbocycles. The highest BCUT2D eigenvalue weighted by atomic mass is 16.5. The van der Waals surface area contributed by atoms with Crippen molar-refractivity contribution in [3.05, 3.63) is 0 Å². The average molecular weight is 242 g/mol. The Bertz CT molecular complexity index is 193. The fourth-order valence-electron chi connectivity index (χ4n) is 2.94. The van der Waals surface area contributed by atoms with Gasteiger partial charge in [0.2, 0.25) is 0 Å². The van der Waals surface area contributed by atoms with E-state index in [-0.39, 0.29) is 11.7 Å². The molecule has 1 atom stereocenters. The van der Waals surface area contributed by atoms with E-state index in [9.17, 15) is 5.11 Å². The van der Waals surface area contributed by atoms with Gasteiger partial charge in [0.05, 0.1) is 11.7 Å². The van der Waals surface area contributed by atoms with Gasteiger partial charge in [-0.05, 0) is 38.5 Å². The summed E-state index contributed by atoms with van der Waals surface area (Å²) in [6, 6.07) is 0. The summed E-state index contributed by atoms with van der Waals surface area (Å²) in [5.74, 6) is 0.661. The summed E-state index contributed by atoms with van der Waals surface area (Å²) >= 11 is 0. The highest BCUT2D eigenvalue weighted by Crippen LogP contribution is 2.35. The molecule has 0 aliphatic heterocycles. The molecule has 1 rings (SSSR count). The van der Waals surface area contributed by atoms with Crippen molar-refractivity contribution in [3.63, 3.8) is 0 Å². The molecule has 1 aliphatic carbocycles. The molecule has 2 nitrogen and oxygen atoms in total. The molecule has 0 bridgehead atoms. The Hall–Kier alpha value is -0.0800. The highest BCUT2D eigenvalue weighted by molar-refractivity contribution is 4.90. The molecule has 1 unspecified atom stereocenters. The highest BCUT2D eigenvalue weighted by Gasteiger charge is 2.38. The van der Waals surface area contributed by atoms with Crippen molar-refractivity contribution in [2.75, 3.05) is 6.61 Å². The van der Waals surface area contributed by atoms with Gasteiger partial charge < -0.3 is 9.84 Å². The van der Waals surface area contributed by atoms with Crippen molar-refractivity contribution in [2.45, 2.75) is 83.8 Å². The average Bonchev–Trinajstić information content (AvgIpc) is 2.53. The van der Waals surface area contributed by atoms with Gasteiger partial charge >= 0.3 is 0 Å². The summed E-state index contributed by atoms with van der Waals surface area (Å²) in [6.45, 7) is 7.20. The second-order valence-corrected chi connectivity index (χ2v) is 5.90. The Kier molecular flexibility index (Phi) is 6.50. The molecule has 17 heavy (non-hydrogen) atoms. The first-order valence-electron chi connectivity index (χ1n) is 7.43. The number of rotatable bonds is 6. The molecule has 1 aliphatic rings. The second-order valence-electron chi connectivity index (χ2n) is 5.90. The summed E-state index contributed by atoms with van der Waals surface area (Å²) in [6.07, 6.45) is 8.80. The third-order valence-electron chi connectivity index (χ3n) is 4.01. The van der Waals surface area contributed by atoms with Crippen LogP contribution in [0.4, 0.5) is 0 Å². The van der Waals surface area contributed by atoms with Crippen LogP contribution in [0.1, 0.15) is 72.1 Å². The maximum atomic E-state index is 10.5. The number of ether oxygens (including phenoxy) is 1. The zero-order valence-corrected chi connectivity index (χ0v) is 11.9. The minimum absolute atomic E-state index is 0.236. The van der Waals surface area contributed by atoms with Crippen molar-refractivity contribution in [1.29, 1.82) is 0 Å². The lowest BCUT2D eigenvalue weighted by molar-refractivity contribution is -0.132. The summed E-state index contributed by atoms with van der Waals surface area (Å²) in [5, 5.41) is 10.5. The fourth-order valence-corrected chi connectivity index (χ4v) is 2.94. The number of aliphatic hydroxyl groups is 1. The van der Waals surface area contributed by atoms with Gasteiger partial charge in [-0.1, -0.05) is 39.5 Å². The van der Waals surface area contributed by atoms with E-state index in [0.717, 1.165) is 32.3 Å². The van der Waals surface area contributed by atoms with Crippen LogP contribution < -0.4 is 0 Å². The van der Waals surface area contributed by atoms with Gasteiger partial charge in [0.1, 0.15) is 0 Å². The molecular formula is C15H30O2. The Balaban J connectivity index is 2.60. The summed E-state index contributed by atoms with van der Waals surface area (Å²) in [7, 11) is 0. The molecule has 0 amide bonds. The van der Waals surface area contributed by atoms with Gasteiger partial charge in [-0.2, -0.15) is 0 Å². The lowest BCUT2D eigenvalue weighted by Gasteiger charge is -2.37. The van der Waals surface area contributed by atoms with Gasteiger partial charge in [0.15, 0.2) is 0 Å². The molecular weight excluding hydrogens is 212 g/mol. The third kappa shape index (κ3) is 4.59. The Morgan fingerprint density at radius 3 is 2.12 bits per heavy atom. The first-order valence-corrected chi connectivity index (χ1v) is 7.43. The lowest BCUT2D eigenvalue weighted by atomic mass is 9.84. The van der Waals surface area contributed by atoms with E-state index in [1.165, 1.54) is 25.7 Å². The van der Waals surface area contributed by atoms with Crippen LogP contribution in [-0.4, -0.2) is 23.4 Å². The standard InChI is InChI=1S/C15H30O2/c1-4-17-15(11-7-5-6-8-12-15)14(16)10-9-13(2)3/h13-14,16H,4-12H2,1-3H3. The molecule has 0 aromatic heterocycles. The molecule has 1 fully saturated rings. The molecule has 0 radical (unpaired) electrons. The lowest BCUT2D eigenvalue weighted by Crippen LogP contribution is -2.44. The molecule has 1 N–H and O–H groups in total. The van der Waals surface area contributed by atoms with Crippen LogP contribution in [0.3, 0.4) is 0 Å². The first-order chi connectivity index (χ1) is 8.10. The van der Waals surface area contributed by atoms with Crippen molar-refractivity contribution < 1.29 is 9.84 Å². The van der Waals surface area contributed by atoms with Crippen LogP contribution in [-0.2, 0) is 4.74 Å². The summed E-state index contributed by atoms with van der Waals surface area (Å²) in [4.78, 5) is 0. The van der Waals surface area contributed by atoms with Crippen LogP contribution in [0.5, 0.6) is 0 Å². The topological polar surface area (TPSA) is 29.5 Å². The van der Waals surface area contributed by atoms with E-state index >= 15 is 0 Å². The fraction of sp³-hybridized carbons (Fsp3) is 1.00. The largest absolute Gasteiger partial charge is 0.390 e. The maximum absolute atomic E-state index is 10.5. The monoisotopic (exact) mass is 242 g/mol. The van der Waals surface area contributed by atoms with Crippen LogP contribution >= 0.6 is 0 Å². The Morgan fingerprint density at radius 2 is 1.65 bits per heavy atom. The zero-order chi connectivity index (χ0) is 12.7. The second kappa shape index (κ2) is 7.38. The van der Waals surface area contributed by atoms with Crippen molar-refractivity contribution in [3.8, 4) is 0 Å². The number of hydrogen-bond acceptors (Lipinski definition) is 2. The summed E-state index contributed by atoms with van der Waals surface area (Å²) in [5.41, 5.74) is -0.236. The predicted molar refractivity (Wildman–Crippen MR) is 72.1 cm³/mol. The first kappa shape index (κ1) is 15.0. The molecule has 0 spiro atoms. The zero-order valence-electron chi connectivity index (χ0n) is 11.9. The van der Waals surface area contributed by atoms with Crippen LogP contribution in [0, 0.1) is 5.92 Å². The van der Waals surface area contributed by atoms with E-state index in [2.05, 4.69) is 13.8 Å². The van der Waals surface area contributed by atoms with Crippen LogP contribution in [0.15, 0.2) is 0 Å². The van der Waals surface area contributed by atoms with E-state index in [1.54, 1.807) is 0 Å². The van der Waals surface area contributed by atoms with Gasteiger partial charge in [-0.15, -0.1) is 0 Å². The normalized spacial score (nSPS) is 22.4. The molecule has 0 saturated heterocycles. The number of aliphatic hydroxyl groups excluding tert-OH is 1. The van der Waals surface area contributed by atoms with Crippen LogP contribution in [0.25, 0.3) is 0 Å². The predicted octanol–water partition coefficient (Wildman–Crippen LogP) is 3.91. The van der Waals surface area contributed by atoms with Gasteiger partial charge in [0, 0.05) is 6.61 Å². The SMILES string of the molecule is CCOC1(C(O)CCC(C)C)CCCCCC1. The van der Waals surface area contributed by atoms with Gasteiger partial charge in [-0.3, -0.25) is 0 Å². The molecule has 0 aromatic carbocycles. The third-order valence-corrected chi connectivity index (χ3v) is 4.01. The van der Waals surface area contributed by atoms with Gasteiger partial charge in [0.25, 0.3) is 0 Å². The number of hydrogen-bond donors (Lipinski definition) is 1. The Labute approximate surface area is 107 Å². The van der Waals surface area contributed by atoms with Gasteiger partial charge in [-0.25, -0.2) is 0 Å². The quantitative estimate of drug-likeness (QED) is 0.715. The van der Waals surface area contributed by atoms with Crippen LogP contribution in [0.2, 0.25) is 0 Å². The van der Waals surface area contributed by atoms with E-state index in [1.807, 2.05) is 6.92 Å². The minimum Gasteiger partial charge on any atom is -0.390 e. The van der Waals surface area contributed by atoms with Crippen molar-refractivity contribution in [1.82, 2.24) is 0 Å². The smallest absolute Gasteiger partial charge is 0.0939 e.